The maximum atomic E-state index is 13.7. The highest BCUT2D eigenvalue weighted by Gasteiger charge is 2.35. The fourth-order valence-electron chi connectivity index (χ4n) is 5.51. The number of nitrogens with zero attached hydrogens (tertiary/aromatic N) is 2. The Morgan fingerprint density at radius 2 is 0.615 bits per heavy atom. The largest absolute Gasteiger partial charge is 0.394 e. The van der Waals surface area contributed by atoms with Crippen LogP contribution in [0.3, 0.4) is 0 Å². The molecule has 0 aliphatic carbocycles. The average Bonchev–Trinajstić information content (AvgIpc) is 3.28. The minimum Gasteiger partial charge on any atom is -0.394 e. The normalized spacial score (nSPS) is 11.4. The van der Waals surface area contributed by atoms with Gasteiger partial charge in [-0.25, -0.2) is 0 Å². The van der Waals surface area contributed by atoms with Crippen molar-refractivity contribution in [1.29, 1.82) is 0 Å². The highest BCUT2D eigenvalue weighted by molar-refractivity contribution is 14.1. The van der Waals surface area contributed by atoms with E-state index >= 15 is 0 Å². The lowest BCUT2D eigenvalue weighted by Crippen LogP contribution is -2.44. The van der Waals surface area contributed by atoms with E-state index in [1.165, 1.54) is 0 Å². The molecule has 0 spiro atoms. The van der Waals surface area contributed by atoms with Crippen molar-refractivity contribution in [3.63, 3.8) is 0 Å². The molecule has 0 bridgehead atoms. The SMILES string of the molecule is O=C(NC(CO)CO)c1c(I)c(C(=O)NC(CO)CO)c(I)c(N(CCOCCN(C(=O)CO)c2c(I)c(C(=O)NC(CO)CO)c(I)c(C(=O)NC(CO)CO)c2I)C(=O)CO)c1I. The Bertz CT molecular complexity index is 1780. The molecule has 0 aliphatic heterocycles. The molecule has 364 valence electrons. The molecule has 0 fully saturated rings. The summed E-state index contributed by atoms with van der Waals surface area (Å²) < 4.78 is 6.37. The molecule has 65 heavy (non-hydrogen) atoms. The van der Waals surface area contributed by atoms with E-state index in [-0.39, 0.29) is 81.4 Å². The third-order valence-electron chi connectivity index (χ3n) is 8.93. The quantitative estimate of drug-likeness (QED) is 0.0330. The summed E-state index contributed by atoms with van der Waals surface area (Å²) in [6.45, 7) is -8.69. The number of carbonyl (C=O) groups excluding carboxylic acids is 6. The van der Waals surface area contributed by atoms with Crippen molar-refractivity contribution in [3.8, 4) is 0 Å². The van der Waals surface area contributed by atoms with Crippen LogP contribution in [-0.2, 0) is 14.3 Å². The highest BCUT2D eigenvalue weighted by atomic mass is 127. The number of aliphatic hydroxyl groups is 10. The van der Waals surface area contributed by atoms with Crippen LogP contribution in [-0.4, -0.2) is 203 Å². The standard InChI is InChI=1S/C36H46I6N6O17/c37-25-21(33(61)43-15(5-49)6-50)27(39)31(28(40)22(25)34(62)44-16(7-51)8-52)47(19(59)13-57)1-3-65-4-2-48(20(60)14-58)32-29(41)23(35(63)45-17(9-53)10-54)26(38)24(30(32)42)36(64)46-18(11-55)12-56/h15-18,49-58H,1-14H2,(H,43,61)(H,44,62)(H,45,63)(H,46,64). The molecule has 0 radical (unpaired) electrons. The third-order valence-corrected chi connectivity index (χ3v) is 15.3. The second kappa shape index (κ2) is 30.1. The lowest BCUT2D eigenvalue weighted by Gasteiger charge is -2.29. The lowest BCUT2D eigenvalue weighted by atomic mass is 10.1. The fraction of sp³-hybridized carbons (Fsp3) is 0.500. The summed E-state index contributed by atoms with van der Waals surface area (Å²) >= 11 is 10.5. The van der Waals surface area contributed by atoms with E-state index in [0.717, 1.165) is 9.80 Å². The molecule has 14 N–H and O–H groups in total. The van der Waals surface area contributed by atoms with E-state index in [9.17, 15) is 79.8 Å². The fourth-order valence-corrected chi connectivity index (χ4v) is 15.0. The Balaban J connectivity index is 2.70. The van der Waals surface area contributed by atoms with Crippen molar-refractivity contribution in [2.45, 2.75) is 24.2 Å². The first-order chi connectivity index (χ1) is 30.8. The molecule has 0 aliphatic rings. The molecule has 0 atom stereocenters. The van der Waals surface area contributed by atoms with E-state index in [2.05, 4.69) is 21.3 Å². The summed E-state index contributed by atoms with van der Waals surface area (Å²) in [5, 5.41) is 107. The number of amides is 6. The van der Waals surface area contributed by atoms with Gasteiger partial charge in [-0.2, -0.15) is 0 Å². The Morgan fingerprint density at radius 3 is 0.800 bits per heavy atom. The number of hydrogen-bond donors (Lipinski definition) is 14. The summed E-state index contributed by atoms with van der Waals surface area (Å²) in [5.74, 6) is -5.26. The van der Waals surface area contributed by atoms with Gasteiger partial charge in [0.05, 0.1) is 138 Å². The Kier molecular flexibility index (Phi) is 27.9. The predicted molar refractivity (Wildman–Crippen MR) is 281 cm³/mol. The van der Waals surface area contributed by atoms with E-state index in [4.69, 9.17) is 4.74 Å². The zero-order chi connectivity index (χ0) is 49.3. The molecule has 0 saturated carbocycles. The van der Waals surface area contributed by atoms with Gasteiger partial charge in [0.2, 0.25) is 0 Å². The monoisotopic (exact) mass is 1600 g/mol. The highest BCUT2D eigenvalue weighted by Crippen LogP contribution is 2.40. The van der Waals surface area contributed by atoms with Crippen LogP contribution in [0.25, 0.3) is 0 Å². The molecule has 0 unspecified atom stereocenters. The van der Waals surface area contributed by atoms with Gasteiger partial charge in [0.15, 0.2) is 0 Å². The van der Waals surface area contributed by atoms with Crippen molar-refractivity contribution in [2.75, 3.05) is 102 Å². The van der Waals surface area contributed by atoms with Gasteiger partial charge in [0.25, 0.3) is 35.4 Å². The minimum absolute atomic E-state index is 0.0374. The van der Waals surface area contributed by atoms with E-state index < -0.39 is 126 Å². The summed E-state index contributed by atoms with van der Waals surface area (Å²) in [6, 6.07) is -4.46. The van der Waals surface area contributed by atoms with Gasteiger partial charge in [0, 0.05) is 20.2 Å². The summed E-state index contributed by atoms with van der Waals surface area (Å²) in [6.07, 6.45) is 0. The number of hydrogen-bond acceptors (Lipinski definition) is 17. The Morgan fingerprint density at radius 1 is 0.400 bits per heavy atom. The van der Waals surface area contributed by atoms with Crippen LogP contribution in [0.5, 0.6) is 0 Å². The number of benzene rings is 2. The van der Waals surface area contributed by atoms with Gasteiger partial charge in [-0.15, -0.1) is 0 Å². The van der Waals surface area contributed by atoms with Crippen molar-refractivity contribution in [3.05, 3.63) is 43.7 Å². The topological polar surface area (TPSA) is 369 Å². The Hall–Kier alpha value is -0.800. The first-order valence-corrected chi connectivity index (χ1v) is 25.2. The first kappa shape index (κ1) is 60.3. The van der Waals surface area contributed by atoms with Gasteiger partial charge in [-0.1, -0.05) is 0 Å². The Labute approximate surface area is 453 Å². The second-order valence-electron chi connectivity index (χ2n) is 13.2. The number of halogens is 6. The van der Waals surface area contributed by atoms with E-state index in [0.29, 0.717) is 0 Å². The summed E-state index contributed by atoms with van der Waals surface area (Å²) in [7, 11) is 0. The molecule has 0 aromatic heterocycles. The number of rotatable bonds is 26. The van der Waals surface area contributed by atoms with Gasteiger partial charge in [0.1, 0.15) is 13.2 Å². The summed E-state index contributed by atoms with van der Waals surface area (Å²) in [4.78, 5) is 83.7. The predicted octanol–water partition coefficient (Wildman–Crippen LogP) is -2.99. The van der Waals surface area contributed by atoms with Crippen molar-refractivity contribution >= 4 is 182 Å². The third kappa shape index (κ3) is 15.6. The van der Waals surface area contributed by atoms with Crippen LogP contribution in [0, 0.1) is 21.4 Å². The molecule has 2 rings (SSSR count). The molecular formula is C36H46I6N6O17. The van der Waals surface area contributed by atoms with Crippen LogP contribution < -0.4 is 31.1 Å². The molecule has 23 nitrogen and oxygen atoms in total. The van der Waals surface area contributed by atoms with Crippen LogP contribution in [0.4, 0.5) is 11.4 Å². The molecule has 2 aromatic rings. The average molecular weight is 1600 g/mol. The van der Waals surface area contributed by atoms with Gasteiger partial charge in [-0.05, 0) is 136 Å². The van der Waals surface area contributed by atoms with Crippen molar-refractivity contribution in [1.82, 2.24) is 21.3 Å². The lowest BCUT2D eigenvalue weighted by molar-refractivity contribution is -0.121. The smallest absolute Gasteiger partial charge is 0.253 e. The second-order valence-corrected chi connectivity index (χ2v) is 19.7. The minimum atomic E-state index is -1.11. The molecular weight excluding hydrogens is 1550 g/mol. The molecule has 0 saturated heterocycles. The van der Waals surface area contributed by atoms with Gasteiger partial charge < -0.3 is 86.9 Å². The number of nitrogens with one attached hydrogen (secondary N) is 4. The molecule has 6 amide bonds. The van der Waals surface area contributed by atoms with Crippen molar-refractivity contribution < 1.29 is 84.6 Å². The zero-order valence-electron chi connectivity index (χ0n) is 33.7. The first-order valence-electron chi connectivity index (χ1n) is 18.8. The maximum Gasteiger partial charge on any atom is 0.253 e. The molecule has 29 heteroatoms. The number of carbonyl (C=O) groups is 6. The van der Waals surface area contributed by atoms with Crippen LogP contribution in [0.15, 0.2) is 0 Å². The maximum absolute atomic E-state index is 13.7. The number of anilines is 2. The van der Waals surface area contributed by atoms with Crippen LogP contribution in [0.1, 0.15) is 41.4 Å². The van der Waals surface area contributed by atoms with Crippen molar-refractivity contribution in [2.24, 2.45) is 0 Å². The number of aliphatic hydroxyl groups excluding tert-OH is 10. The van der Waals surface area contributed by atoms with E-state index in [1.54, 1.807) is 136 Å². The molecule has 2 aromatic carbocycles. The summed E-state index contributed by atoms with van der Waals surface area (Å²) in [5.41, 5.74) is -0.714. The van der Waals surface area contributed by atoms with E-state index in [1.807, 2.05) is 0 Å². The van der Waals surface area contributed by atoms with Gasteiger partial charge in [-0.3, -0.25) is 28.8 Å². The zero-order valence-corrected chi connectivity index (χ0v) is 46.6. The van der Waals surface area contributed by atoms with Gasteiger partial charge >= 0.3 is 0 Å². The van der Waals surface area contributed by atoms with Crippen LogP contribution in [0.2, 0.25) is 0 Å². The number of ether oxygens (including phenoxy) is 1. The van der Waals surface area contributed by atoms with Crippen LogP contribution >= 0.6 is 136 Å². The molecule has 0 heterocycles.